The topological polar surface area (TPSA) is 55.5 Å². The van der Waals surface area contributed by atoms with Crippen LogP contribution in [0.4, 0.5) is 0 Å². The SMILES string of the molecule is CC(C)CCC[C@@H](C)[C@H]1CC[C@H]2[C@@H]3CC=C4C[C@@H](OC(=O)CCC(=O)N(CCC[NH+](C)C)CCC[NH+](C)C)CC[C@]4(C)[C@H]3CC[C@]12C. The summed E-state index contributed by atoms with van der Waals surface area (Å²) >= 11 is 0. The number of fused-ring (bicyclic) bond motifs is 5. The molecule has 47 heavy (non-hydrogen) atoms. The number of rotatable bonds is 17. The molecule has 8 atom stereocenters. The first kappa shape index (κ1) is 38.4. The first-order valence-electron chi connectivity index (χ1n) is 20.0. The molecular weight excluding hydrogens is 582 g/mol. The van der Waals surface area contributed by atoms with Crippen molar-refractivity contribution in [2.75, 3.05) is 54.4 Å². The molecule has 3 saturated carbocycles. The molecule has 0 spiro atoms. The van der Waals surface area contributed by atoms with Crippen LogP contribution in [-0.2, 0) is 14.3 Å². The van der Waals surface area contributed by atoms with Crippen molar-refractivity contribution in [1.82, 2.24) is 4.90 Å². The molecule has 0 radical (unpaired) electrons. The fourth-order valence-electron chi connectivity index (χ4n) is 11.0. The Hall–Kier alpha value is -1.40. The molecule has 2 N–H and O–H groups in total. The summed E-state index contributed by atoms with van der Waals surface area (Å²) in [6.07, 6.45) is 19.0. The number of allylic oxidation sites excluding steroid dienone is 1. The van der Waals surface area contributed by atoms with Crippen molar-refractivity contribution in [3.8, 4) is 0 Å². The van der Waals surface area contributed by atoms with Crippen molar-refractivity contribution in [3.05, 3.63) is 11.6 Å². The molecule has 270 valence electrons. The number of hydrogen-bond acceptors (Lipinski definition) is 3. The van der Waals surface area contributed by atoms with E-state index in [1.807, 2.05) is 4.90 Å². The number of nitrogens with one attached hydrogen (secondary N) is 2. The lowest BCUT2D eigenvalue weighted by molar-refractivity contribution is -0.858. The Morgan fingerprint density at radius 2 is 1.55 bits per heavy atom. The maximum Gasteiger partial charge on any atom is 0.306 e. The zero-order valence-corrected chi connectivity index (χ0v) is 32.2. The normalized spacial score (nSPS) is 32.5. The van der Waals surface area contributed by atoms with Crippen molar-refractivity contribution in [2.45, 2.75) is 137 Å². The summed E-state index contributed by atoms with van der Waals surface area (Å²) in [5.41, 5.74) is 2.34. The molecule has 4 aliphatic carbocycles. The smallest absolute Gasteiger partial charge is 0.306 e. The monoisotopic (exact) mass is 658 g/mol. The van der Waals surface area contributed by atoms with Gasteiger partial charge in [0.25, 0.3) is 0 Å². The van der Waals surface area contributed by atoms with Gasteiger partial charge in [-0.15, -0.1) is 0 Å². The lowest BCUT2D eigenvalue weighted by atomic mass is 9.47. The summed E-state index contributed by atoms with van der Waals surface area (Å²) < 4.78 is 6.09. The summed E-state index contributed by atoms with van der Waals surface area (Å²) in [5, 5.41) is 0. The minimum atomic E-state index is -0.190. The van der Waals surface area contributed by atoms with Gasteiger partial charge in [0.15, 0.2) is 0 Å². The summed E-state index contributed by atoms with van der Waals surface area (Å²) in [6.45, 7) is 16.2. The van der Waals surface area contributed by atoms with Crippen LogP contribution >= 0.6 is 0 Å². The highest BCUT2D eigenvalue weighted by atomic mass is 16.5. The van der Waals surface area contributed by atoms with E-state index in [-0.39, 0.29) is 36.2 Å². The molecule has 4 aliphatic rings. The van der Waals surface area contributed by atoms with E-state index in [2.05, 4.69) is 68.9 Å². The average Bonchev–Trinajstić information content (AvgIpc) is 3.36. The van der Waals surface area contributed by atoms with Crippen molar-refractivity contribution in [3.63, 3.8) is 0 Å². The Morgan fingerprint density at radius 3 is 2.19 bits per heavy atom. The predicted molar refractivity (Wildman–Crippen MR) is 193 cm³/mol. The quantitative estimate of drug-likeness (QED) is 0.158. The van der Waals surface area contributed by atoms with Crippen molar-refractivity contribution >= 4 is 11.9 Å². The van der Waals surface area contributed by atoms with E-state index in [0.717, 1.165) is 93.8 Å². The van der Waals surface area contributed by atoms with Crippen molar-refractivity contribution in [2.24, 2.45) is 46.3 Å². The lowest BCUT2D eigenvalue weighted by Crippen LogP contribution is -3.05. The molecule has 0 aliphatic heterocycles. The largest absolute Gasteiger partial charge is 0.462 e. The van der Waals surface area contributed by atoms with E-state index >= 15 is 0 Å². The Bertz CT molecular complexity index is 1040. The van der Waals surface area contributed by atoms with E-state index in [1.165, 1.54) is 61.2 Å². The van der Waals surface area contributed by atoms with Crippen LogP contribution in [0.2, 0.25) is 0 Å². The van der Waals surface area contributed by atoms with Gasteiger partial charge in [0.2, 0.25) is 5.91 Å². The predicted octanol–water partition coefficient (Wildman–Crippen LogP) is 5.62. The molecule has 1 amide bonds. The summed E-state index contributed by atoms with van der Waals surface area (Å²) in [6, 6.07) is 0. The lowest BCUT2D eigenvalue weighted by Gasteiger charge is -2.58. The van der Waals surface area contributed by atoms with E-state index in [9.17, 15) is 9.59 Å². The fraction of sp³-hybridized carbons (Fsp3) is 0.902. The van der Waals surface area contributed by atoms with Crippen molar-refractivity contribution < 1.29 is 24.1 Å². The Balaban J connectivity index is 1.29. The van der Waals surface area contributed by atoms with Crippen LogP contribution in [0, 0.1) is 46.3 Å². The van der Waals surface area contributed by atoms with Gasteiger partial charge in [-0.3, -0.25) is 9.59 Å². The fourth-order valence-corrected chi connectivity index (χ4v) is 11.0. The number of ether oxygens (including phenoxy) is 1. The van der Waals surface area contributed by atoms with Crippen LogP contribution in [0.5, 0.6) is 0 Å². The van der Waals surface area contributed by atoms with Gasteiger partial charge in [-0.1, -0.05) is 65.5 Å². The number of hydrogen-bond donors (Lipinski definition) is 2. The molecule has 0 aromatic heterocycles. The van der Waals surface area contributed by atoms with E-state index in [4.69, 9.17) is 4.74 Å². The number of carbonyl (C=O) groups is 2. The van der Waals surface area contributed by atoms with Gasteiger partial charge in [-0.2, -0.15) is 0 Å². The number of esters is 1. The Kier molecular flexibility index (Phi) is 13.9. The maximum absolute atomic E-state index is 13.2. The van der Waals surface area contributed by atoms with Crippen LogP contribution in [-0.4, -0.2) is 77.3 Å². The second-order valence-corrected chi connectivity index (χ2v) is 18.1. The molecule has 0 unspecified atom stereocenters. The third kappa shape index (κ3) is 9.65. The highest BCUT2D eigenvalue weighted by Gasteiger charge is 2.59. The minimum Gasteiger partial charge on any atom is -0.462 e. The molecule has 6 nitrogen and oxygen atoms in total. The molecule has 4 rings (SSSR count). The molecule has 0 bridgehead atoms. The van der Waals surface area contributed by atoms with E-state index in [1.54, 1.807) is 5.57 Å². The van der Waals surface area contributed by atoms with Gasteiger partial charge >= 0.3 is 5.97 Å². The zero-order chi connectivity index (χ0) is 34.4. The van der Waals surface area contributed by atoms with Crippen LogP contribution < -0.4 is 9.80 Å². The standard InChI is InChI=1S/C41H73N3O3/c1-30(2)13-10-14-31(3)35-17-18-36-34-16-15-32-29-33(21-23-40(32,4)37(34)22-24-41(35,36)5)47-39(46)20-19-38(45)44(27-11-25-42(6)7)28-12-26-43(8)9/h15,30-31,33-37H,10-14,16-29H2,1-9H3/p+2/t31-,33+,34+,35-,36+,37+,40+,41-/m1/s1. The highest BCUT2D eigenvalue weighted by Crippen LogP contribution is 2.67. The number of amides is 1. The third-order valence-electron chi connectivity index (χ3n) is 13.7. The minimum absolute atomic E-state index is 0.0351. The first-order valence-corrected chi connectivity index (χ1v) is 20.0. The van der Waals surface area contributed by atoms with Crippen molar-refractivity contribution in [1.29, 1.82) is 0 Å². The second-order valence-electron chi connectivity index (χ2n) is 18.1. The van der Waals surface area contributed by atoms with Gasteiger partial charge in [-0.05, 0) is 91.3 Å². The van der Waals surface area contributed by atoms with Crippen LogP contribution in [0.1, 0.15) is 131 Å². The van der Waals surface area contributed by atoms with Crippen LogP contribution in [0.3, 0.4) is 0 Å². The zero-order valence-electron chi connectivity index (χ0n) is 32.2. The Morgan fingerprint density at radius 1 is 0.872 bits per heavy atom. The summed E-state index contributed by atoms with van der Waals surface area (Å²) in [7, 11) is 8.61. The molecular formula is C41H75N3O3+2. The summed E-state index contributed by atoms with van der Waals surface area (Å²) in [5.74, 6) is 4.94. The molecule has 0 aromatic carbocycles. The number of carbonyl (C=O) groups excluding carboxylic acids is 2. The van der Waals surface area contributed by atoms with Gasteiger partial charge in [-0.25, -0.2) is 0 Å². The molecule has 0 heterocycles. The van der Waals surface area contributed by atoms with Gasteiger partial charge < -0.3 is 19.4 Å². The van der Waals surface area contributed by atoms with Gasteiger partial charge in [0, 0.05) is 38.8 Å². The van der Waals surface area contributed by atoms with E-state index < -0.39 is 0 Å². The van der Waals surface area contributed by atoms with Crippen LogP contribution in [0.15, 0.2) is 11.6 Å². The van der Waals surface area contributed by atoms with E-state index in [0.29, 0.717) is 5.41 Å². The number of quaternary nitrogens is 2. The molecule has 3 fully saturated rings. The summed E-state index contributed by atoms with van der Waals surface area (Å²) in [4.78, 5) is 31.0. The molecule has 6 heteroatoms. The van der Waals surface area contributed by atoms with Gasteiger partial charge in [0.05, 0.1) is 47.7 Å². The highest BCUT2D eigenvalue weighted by molar-refractivity contribution is 5.81. The Labute approximate surface area is 289 Å². The third-order valence-corrected chi connectivity index (χ3v) is 13.7. The van der Waals surface area contributed by atoms with Gasteiger partial charge in [0.1, 0.15) is 6.10 Å². The maximum atomic E-state index is 13.2. The molecule has 0 aromatic rings. The average molecular weight is 658 g/mol. The second kappa shape index (κ2) is 17.0. The first-order chi connectivity index (χ1) is 22.2. The molecule has 0 saturated heterocycles. The number of nitrogens with zero attached hydrogens (tertiary/aromatic N) is 1. The van der Waals surface area contributed by atoms with Crippen LogP contribution in [0.25, 0.3) is 0 Å².